The molecule has 1 aromatic carbocycles. The summed E-state index contributed by atoms with van der Waals surface area (Å²) in [6, 6.07) is 9.49. The van der Waals surface area contributed by atoms with Crippen LogP contribution in [-0.2, 0) is 7.05 Å². The Balaban J connectivity index is 2.02. The number of aryl methyl sites for hydroxylation is 1. The maximum Gasteiger partial charge on any atom is 0.216 e. The number of carbonyl (C=O) groups excluding carboxylic acids is 1. The molecule has 0 saturated heterocycles. The van der Waals surface area contributed by atoms with Crippen molar-refractivity contribution in [3.8, 4) is 5.75 Å². The second kappa shape index (κ2) is 4.82. The Kier molecular flexibility index (Phi) is 3.23. The number of ether oxygens (including phenoxy) is 1. The van der Waals surface area contributed by atoms with Crippen molar-refractivity contribution in [1.29, 1.82) is 0 Å². The van der Waals surface area contributed by atoms with Gasteiger partial charge in [-0.25, -0.2) is 4.39 Å². The van der Waals surface area contributed by atoms with Gasteiger partial charge in [-0.15, -0.1) is 0 Å². The van der Waals surface area contributed by atoms with Gasteiger partial charge in [-0.2, -0.15) is 0 Å². The summed E-state index contributed by atoms with van der Waals surface area (Å²) in [5.74, 6) is -0.553. The van der Waals surface area contributed by atoms with Crippen molar-refractivity contribution >= 4 is 5.78 Å². The van der Waals surface area contributed by atoms with Crippen LogP contribution in [0, 0.1) is 5.82 Å². The number of halogens is 1. The molecule has 0 spiro atoms. The van der Waals surface area contributed by atoms with Crippen LogP contribution in [-0.4, -0.2) is 17.0 Å². The summed E-state index contributed by atoms with van der Waals surface area (Å²) in [7, 11) is 1.77. The molecule has 0 fully saturated rings. The zero-order valence-electron chi connectivity index (χ0n) is 9.39. The summed E-state index contributed by atoms with van der Waals surface area (Å²) in [5, 5.41) is 0. The number of Topliss-reactive ketones (excluding diaryl/α,β-unsaturated/α-hetero) is 1. The quantitative estimate of drug-likeness (QED) is 0.759. The summed E-state index contributed by atoms with van der Waals surface area (Å²) < 4.78 is 20.1. The van der Waals surface area contributed by atoms with E-state index in [9.17, 15) is 9.18 Å². The third-order valence-electron chi connectivity index (χ3n) is 2.42. The maximum absolute atomic E-state index is 13.2. The van der Waals surface area contributed by atoms with E-state index in [1.54, 1.807) is 42.1 Å². The molecule has 0 N–H and O–H groups in total. The molecule has 0 aliphatic carbocycles. The van der Waals surface area contributed by atoms with Crippen molar-refractivity contribution in [3.05, 3.63) is 54.1 Å². The molecule has 0 amide bonds. The molecule has 0 aliphatic rings. The fraction of sp³-hybridized carbons (Fsp3) is 0.154. The molecule has 0 bridgehead atoms. The highest BCUT2D eigenvalue weighted by atomic mass is 19.1. The Morgan fingerprint density at radius 2 is 2.06 bits per heavy atom. The molecule has 17 heavy (non-hydrogen) atoms. The van der Waals surface area contributed by atoms with E-state index in [-0.39, 0.29) is 18.1 Å². The lowest BCUT2D eigenvalue weighted by atomic mass is 10.3. The zero-order valence-corrected chi connectivity index (χ0v) is 9.39. The Hall–Kier alpha value is -2.10. The summed E-state index contributed by atoms with van der Waals surface area (Å²) >= 11 is 0. The monoisotopic (exact) mass is 233 g/mol. The summed E-state index contributed by atoms with van der Waals surface area (Å²) in [4.78, 5) is 11.7. The summed E-state index contributed by atoms with van der Waals surface area (Å²) in [6.07, 6.45) is 1.77. The molecular formula is C13H12FNO2. The van der Waals surface area contributed by atoms with Gasteiger partial charge in [0.25, 0.3) is 0 Å². The van der Waals surface area contributed by atoms with Crippen LogP contribution in [0.5, 0.6) is 5.75 Å². The lowest BCUT2D eigenvalue weighted by Gasteiger charge is -2.06. The molecule has 1 aromatic heterocycles. The van der Waals surface area contributed by atoms with Crippen molar-refractivity contribution in [2.45, 2.75) is 0 Å². The predicted octanol–water partition coefficient (Wildman–Crippen LogP) is 2.43. The first-order chi connectivity index (χ1) is 8.18. The highest BCUT2D eigenvalue weighted by Crippen LogP contribution is 2.15. The highest BCUT2D eigenvalue weighted by molar-refractivity contribution is 5.95. The Bertz CT molecular complexity index is 534. The predicted molar refractivity (Wildman–Crippen MR) is 61.6 cm³/mol. The van der Waals surface area contributed by atoms with E-state index in [0.717, 1.165) is 0 Å². The first kappa shape index (κ1) is 11.4. The number of ketones is 1. The number of para-hydroxylation sites is 1. The van der Waals surface area contributed by atoms with Gasteiger partial charge in [0.2, 0.25) is 5.78 Å². The minimum atomic E-state index is -0.466. The van der Waals surface area contributed by atoms with E-state index in [1.807, 2.05) is 0 Å². The average molecular weight is 233 g/mol. The summed E-state index contributed by atoms with van der Waals surface area (Å²) in [6.45, 7) is -0.168. The van der Waals surface area contributed by atoms with Crippen molar-refractivity contribution < 1.29 is 13.9 Å². The molecule has 2 aromatic rings. The number of aromatic nitrogens is 1. The third kappa shape index (κ3) is 2.53. The van der Waals surface area contributed by atoms with E-state index >= 15 is 0 Å². The Morgan fingerprint density at radius 1 is 1.29 bits per heavy atom. The number of nitrogens with zero attached hydrogens (tertiary/aromatic N) is 1. The van der Waals surface area contributed by atoms with Gasteiger partial charge in [0.15, 0.2) is 18.2 Å². The topological polar surface area (TPSA) is 31.2 Å². The van der Waals surface area contributed by atoms with Crippen LogP contribution in [0.4, 0.5) is 4.39 Å². The lowest BCUT2D eigenvalue weighted by molar-refractivity contribution is 0.0910. The molecule has 0 aliphatic heterocycles. The summed E-state index contributed by atoms with van der Waals surface area (Å²) in [5.41, 5.74) is 0.543. The van der Waals surface area contributed by atoms with E-state index in [0.29, 0.717) is 5.69 Å². The molecule has 1 heterocycles. The van der Waals surface area contributed by atoms with Gasteiger partial charge in [0.05, 0.1) is 5.69 Å². The van der Waals surface area contributed by atoms with Gasteiger partial charge < -0.3 is 9.30 Å². The minimum absolute atomic E-state index is 0.0926. The number of benzene rings is 1. The van der Waals surface area contributed by atoms with Crippen LogP contribution in [0.2, 0.25) is 0 Å². The molecule has 0 unspecified atom stereocenters. The standard InChI is InChI=1S/C13H12FNO2/c1-15-8-4-6-11(15)12(16)9-17-13-7-3-2-5-10(13)14/h2-8H,9H2,1H3. The van der Waals surface area contributed by atoms with Gasteiger partial charge in [-0.1, -0.05) is 12.1 Å². The van der Waals surface area contributed by atoms with Crippen LogP contribution in [0.3, 0.4) is 0 Å². The van der Waals surface area contributed by atoms with Crippen molar-refractivity contribution in [1.82, 2.24) is 4.57 Å². The lowest BCUT2D eigenvalue weighted by Crippen LogP contribution is -2.15. The fourth-order valence-electron chi connectivity index (χ4n) is 1.53. The third-order valence-corrected chi connectivity index (χ3v) is 2.42. The average Bonchev–Trinajstić information content (AvgIpc) is 2.74. The molecule has 3 nitrogen and oxygen atoms in total. The van der Waals surface area contributed by atoms with Crippen molar-refractivity contribution in [3.63, 3.8) is 0 Å². The van der Waals surface area contributed by atoms with Gasteiger partial charge in [0.1, 0.15) is 0 Å². The second-order valence-corrected chi connectivity index (χ2v) is 3.65. The number of hydrogen-bond donors (Lipinski definition) is 0. The number of carbonyl (C=O) groups is 1. The first-order valence-electron chi connectivity index (χ1n) is 5.20. The van der Waals surface area contributed by atoms with Crippen LogP contribution in [0.25, 0.3) is 0 Å². The van der Waals surface area contributed by atoms with Gasteiger partial charge in [0, 0.05) is 13.2 Å². The zero-order chi connectivity index (χ0) is 12.3. The van der Waals surface area contributed by atoms with Crippen LogP contribution in [0.15, 0.2) is 42.6 Å². The van der Waals surface area contributed by atoms with Crippen molar-refractivity contribution in [2.24, 2.45) is 7.05 Å². The molecule has 0 saturated carbocycles. The number of rotatable bonds is 4. The van der Waals surface area contributed by atoms with E-state index in [4.69, 9.17) is 4.74 Å². The molecule has 88 valence electrons. The first-order valence-corrected chi connectivity index (χ1v) is 5.20. The van der Waals surface area contributed by atoms with E-state index in [1.165, 1.54) is 12.1 Å². The SMILES string of the molecule is Cn1cccc1C(=O)COc1ccccc1F. The molecule has 0 atom stereocenters. The minimum Gasteiger partial charge on any atom is -0.482 e. The Morgan fingerprint density at radius 3 is 2.71 bits per heavy atom. The fourth-order valence-corrected chi connectivity index (χ4v) is 1.53. The van der Waals surface area contributed by atoms with E-state index in [2.05, 4.69) is 0 Å². The highest BCUT2D eigenvalue weighted by Gasteiger charge is 2.10. The van der Waals surface area contributed by atoms with Crippen LogP contribution < -0.4 is 4.74 Å². The molecular weight excluding hydrogens is 221 g/mol. The molecule has 4 heteroatoms. The molecule has 0 radical (unpaired) electrons. The van der Waals surface area contributed by atoms with Crippen LogP contribution >= 0.6 is 0 Å². The van der Waals surface area contributed by atoms with Gasteiger partial charge >= 0.3 is 0 Å². The van der Waals surface area contributed by atoms with Gasteiger partial charge in [-0.05, 0) is 24.3 Å². The second-order valence-electron chi connectivity index (χ2n) is 3.65. The maximum atomic E-state index is 13.2. The van der Waals surface area contributed by atoms with E-state index < -0.39 is 5.82 Å². The van der Waals surface area contributed by atoms with Crippen LogP contribution in [0.1, 0.15) is 10.5 Å². The smallest absolute Gasteiger partial charge is 0.216 e. The van der Waals surface area contributed by atoms with Gasteiger partial charge in [-0.3, -0.25) is 4.79 Å². The normalized spacial score (nSPS) is 10.2. The Labute approximate surface area is 98.4 Å². The molecule has 2 rings (SSSR count). The largest absolute Gasteiger partial charge is 0.482 e. The number of hydrogen-bond acceptors (Lipinski definition) is 2. The van der Waals surface area contributed by atoms with Crippen molar-refractivity contribution in [2.75, 3.05) is 6.61 Å².